The Morgan fingerprint density at radius 3 is 2.94 bits per heavy atom. The zero-order chi connectivity index (χ0) is 22.6. The molecule has 1 aliphatic rings. The molecular formula is C26H26N4O3. The van der Waals surface area contributed by atoms with Gasteiger partial charge in [-0.05, 0) is 49.2 Å². The molecule has 168 valence electrons. The standard InChI is InChI=1S/C26H26N4O3/c1-32-24-11-5-4-10-22(24)28-26(31)25-15-23(29-33-25)19-7-6-14-30(17-19)16-18-12-13-27-21-9-3-2-8-20(18)21/h2-5,8-13,15,19H,6-7,14,16-17H2,1H3,(H,28,31)/t19-/m0/s1. The third-order valence-electron chi connectivity index (χ3n) is 6.16. The van der Waals surface area contributed by atoms with E-state index in [9.17, 15) is 4.79 Å². The highest BCUT2D eigenvalue weighted by atomic mass is 16.5. The topological polar surface area (TPSA) is 80.5 Å². The number of hydrogen-bond acceptors (Lipinski definition) is 6. The second kappa shape index (κ2) is 9.42. The van der Waals surface area contributed by atoms with Gasteiger partial charge < -0.3 is 14.6 Å². The first-order valence-corrected chi connectivity index (χ1v) is 11.2. The number of hydrogen-bond donors (Lipinski definition) is 1. The Balaban J connectivity index is 1.27. The summed E-state index contributed by atoms with van der Waals surface area (Å²) in [4.78, 5) is 19.6. The molecule has 1 amide bonds. The number of likely N-dealkylation sites (tertiary alicyclic amines) is 1. The van der Waals surface area contributed by atoms with Gasteiger partial charge in [0.2, 0.25) is 5.76 Å². The molecule has 2 aromatic carbocycles. The van der Waals surface area contributed by atoms with Gasteiger partial charge in [-0.2, -0.15) is 0 Å². The van der Waals surface area contributed by atoms with Crippen LogP contribution >= 0.6 is 0 Å². The molecule has 1 atom stereocenters. The molecule has 0 aliphatic carbocycles. The summed E-state index contributed by atoms with van der Waals surface area (Å²) in [6, 6.07) is 19.4. The van der Waals surface area contributed by atoms with Crippen LogP contribution in [0, 0.1) is 0 Å². The molecule has 0 spiro atoms. The number of pyridine rings is 1. The zero-order valence-electron chi connectivity index (χ0n) is 18.5. The van der Waals surface area contributed by atoms with Crippen molar-refractivity contribution in [3.8, 4) is 5.75 Å². The quantitative estimate of drug-likeness (QED) is 0.459. The molecule has 33 heavy (non-hydrogen) atoms. The van der Waals surface area contributed by atoms with Gasteiger partial charge in [0, 0.05) is 36.7 Å². The van der Waals surface area contributed by atoms with Crippen molar-refractivity contribution < 1.29 is 14.1 Å². The molecule has 0 bridgehead atoms. The van der Waals surface area contributed by atoms with Crippen LogP contribution in [-0.4, -0.2) is 41.1 Å². The first kappa shape index (κ1) is 21.2. The number of benzene rings is 2. The Morgan fingerprint density at radius 1 is 1.18 bits per heavy atom. The number of piperidine rings is 1. The second-order valence-corrected chi connectivity index (χ2v) is 8.33. The summed E-state index contributed by atoms with van der Waals surface area (Å²) in [6.45, 7) is 2.77. The monoisotopic (exact) mass is 442 g/mol. The second-order valence-electron chi connectivity index (χ2n) is 8.33. The minimum atomic E-state index is -0.339. The summed E-state index contributed by atoms with van der Waals surface area (Å²) < 4.78 is 10.7. The molecule has 3 heterocycles. The molecule has 7 nitrogen and oxygen atoms in total. The minimum absolute atomic E-state index is 0.202. The lowest BCUT2D eigenvalue weighted by molar-refractivity contribution is 0.0987. The largest absolute Gasteiger partial charge is 0.495 e. The van der Waals surface area contributed by atoms with E-state index in [1.165, 1.54) is 10.9 Å². The van der Waals surface area contributed by atoms with Crippen LogP contribution in [0.3, 0.4) is 0 Å². The number of para-hydroxylation sites is 3. The molecule has 0 unspecified atom stereocenters. The van der Waals surface area contributed by atoms with E-state index in [0.717, 1.165) is 43.7 Å². The van der Waals surface area contributed by atoms with Gasteiger partial charge in [-0.15, -0.1) is 0 Å². The summed E-state index contributed by atoms with van der Waals surface area (Å²) in [7, 11) is 1.57. The van der Waals surface area contributed by atoms with Crippen molar-refractivity contribution in [3.63, 3.8) is 0 Å². The van der Waals surface area contributed by atoms with Crippen LogP contribution in [0.2, 0.25) is 0 Å². The highest BCUT2D eigenvalue weighted by Gasteiger charge is 2.26. The third kappa shape index (κ3) is 4.59. The van der Waals surface area contributed by atoms with Crippen molar-refractivity contribution >= 4 is 22.5 Å². The van der Waals surface area contributed by atoms with Gasteiger partial charge >= 0.3 is 0 Å². The molecular weight excluding hydrogens is 416 g/mol. The molecule has 7 heteroatoms. The van der Waals surface area contributed by atoms with Crippen molar-refractivity contribution in [2.45, 2.75) is 25.3 Å². The minimum Gasteiger partial charge on any atom is -0.495 e. The number of ether oxygens (including phenoxy) is 1. The summed E-state index contributed by atoms with van der Waals surface area (Å²) in [5, 5.41) is 8.26. The zero-order valence-corrected chi connectivity index (χ0v) is 18.5. The Labute approximate surface area is 192 Å². The molecule has 1 N–H and O–H groups in total. The first-order chi connectivity index (χ1) is 16.2. The summed E-state index contributed by atoms with van der Waals surface area (Å²) in [6.07, 6.45) is 3.97. The third-order valence-corrected chi connectivity index (χ3v) is 6.16. The van der Waals surface area contributed by atoms with E-state index in [-0.39, 0.29) is 17.6 Å². The van der Waals surface area contributed by atoms with E-state index in [2.05, 4.69) is 38.6 Å². The highest BCUT2D eigenvalue weighted by molar-refractivity contribution is 6.03. The van der Waals surface area contributed by atoms with E-state index in [1.807, 2.05) is 30.5 Å². The lowest BCUT2D eigenvalue weighted by Gasteiger charge is -2.32. The number of carbonyl (C=O) groups is 1. The molecule has 1 aliphatic heterocycles. The van der Waals surface area contributed by atoms with E-state index < -0.39 is 0 Å². The lowest BCUT2D eigenvalue weighted by Crippen LogP contribution is -2.34. The Bertz CT molecular complexity index is 1260. The lowest BCUT2D eigenvalue weighted by atomic mass is 9.94. The normalized spacial score (nSPS) is 16.6. The van der Waals surface area contributed by atoms with Crippen LogP contribution in [0.1, 0.15) is 40.6 Å². The fraction of sp³-hybridized carbons (Fsp3) is 0.269. The molecule has 2 aromatic heterocycles. The fourth-order valence-corrected chi connectivity index (χ4v) is 4.49. The maximum atomic E-state index is 12.7. The molecule has 0 radical (unpaired) electrons. The van der Waals surface area contributed by atoms with Gasteiger partial charge in [0.15, 0.2) is 0 Å². The Hall–Kier alpha value is -3.71. The van der Waals surface area contributed by atoms with E-state index in [1.54, 1.807) is 25.3 Å². The number of anilines is 1. The molecule has 0 saturated carbocycles. The Morgan fingerprint density at radius 2 is 2.03 bits per heavy atom. The fourth-order valence-electron chi connectivity index (χ4n) is 4.49. The van der Waals surface area contributed by atoms with Gasteiger partial charge in [0.25, 0.3) is 5.91 Å². The number of fused-ring (bicyclic) bond motifs is 1. The first-order valence-electron chi connectivity index (χ1n) is 11.2. The number of aromatic nitrogens is 2. The van der Waals surface area contributed by atoms with Crippen LogP contribution in [0.5, 0.6) is 5.75 Å². The Kier molecular flexibility index (Phi) is 6.04. The number of rotatable bonds is 6. The molecule has 4 aromatic rings. The maximum Gasteiger partial charge on any atom is 0.294 e. The van der Waals surface area contributed by atoms with E-state index in [0.29, 0.717) is 11.4 Å². The SMILES string of the molecule is COc1ccccc1NC(=O)c1cc([C@H]2CCCN(Cc3ccnc4ccccc34)C2)no1. The predicted octanol–water partition coefficient (Wildman–Crippen LogP) is 4.86. The summed E-state index contributed by atoms with van der Waals surface area (Å²) >= 11 is 0. The van der Waals surface area contributed by atoms with Crippen LogP contribution < -0.4 is 10.1 Å². The number of nitrogens with zero attached hydrogens (tertiary/aromatic N) is 3. The summed E-state index contributed by atoms with van der Waals surface area (Å²) in [5.74, 6) is 0.683. The van der Waals surface area contributed by atoms with Crippen LogP contribution in [-0.2, 0) is 6.54 Å². The van der Waals surface area contributed by atoms with E-state index >= 15 is 0 Å². The van der Waals surface area contributed by atoms with Gasteiger partial charge in [-0.25, -0.2) is 0 Å². The highest BCUT2D eigenvalue weighted by Crippen LogP contribution is 2.29. The van der Waals surface area contributed by atoms with Crippen molar-refractivity contribution in [3.05, 3.63) is 83.9 Å². The molecule has 1 saturated heterocycles. The van der Waals surface area contributed by atoms with Crippen LogP contribution in [0.15, 0.2) is 71.4 Å². The van der Waals surface area contributed by atoms with Crippen molar-refractivity contribution in [1.82, 2.24) is 15.0 Å². The number of nitrogens with one attached hydrogen (secondary N) is 1. The predicted molar refractivity (Wildman–Crippen MR) is 126 cm³/mol. The van der Waals surface area contributed by atoms with Crippen molar-refractivity contribution in [2.75, 3.05) is 25.5 Å². The molecule has 1 fully saturated rings. The van der Waals surface area contributed by atoms with Gasteiger partial charge in [0.1, 0.15) is 5.75 Å². The van der Waals surface area contributed by atoms with Crippen LogP contribution in [0.25, 0.3) is 10.9 Å². The smallest absolute Gasteiger partial charge is 0.294 e. The van der Waals surface area contributed by atoms with E-state index in [4.69, 9.17) is 9.26 Å². The molecule has 5 rings (SSSR count). The van der Waals surface area contributed by atoms with Crippen molar-refractivity contribution in [2.24, 2.45) is 0 Å². The average molecular weight is 443 g/mol. The van der Waals surface area contributed by atoms with Gasteiger partial charge in [0.05, 0.1) is 24.0 Å². The number of carbonyl (C=O) groups excluding carboxylic acids is 1. The van der Waals surface area contributed by atoms with Crippen molar-refractivity contribution in [1.29, 1.82) is 0 Å². The maximum absolute atomic E-state index is 12.7. The number of amides is 1. The number of methoxy groups -OCH3 is 1. The average Bonchev–Trinajstić information content (AvgIpc) is 3.36. The van der Waals surface area contributed by atoms with Crippen LogP contribution in [0.4, 0.5) is 5.69 Å². The van der Waals surface area contributed by atoms with Gasteiger partial charge in [-0.3, -0.25) is 14.7 Å². The summed E-state index contributed by atoms with van der Waals surface area (Å²) in [5.41, 5.74) is 3.71. The van der Waals surface area contributed by atoms with Gasteiger partial charge in [-0.1, -0.05) is 35.5 Å².